The Kier molecular flexibility index (Phi) is 4.20. The summed E-state index contributed by atoms with van der Waals surface area (Å²) in [7, 11) is 0. The Morgan fingerprint density at radius 2 is 2.37 bits per heavy atom. The van der Waals surface area contributed by atoms with Crippen LogP contribution in [-0.4, -0.2) is 22.9 Å². The molecule has 104 valence electrons. The summed E-state index contributed by atoms with van der Waals surface area (Å²) in [6, 6.07) is 1.74. The Labute approximate surface area is 114 Å². The van der Waals surface area contributed by atoms with E-state index in [0.717, 1.165) is 25.7 Å². The van der Waals surface area contributed by atoms with Crippen molar-refractivity contribution in [3.8, 4) is 5.75 Å². The third kappa shape index (κ3) is 3.13. The van der Waals surface area contributed by atoms with Crippen LogP contribution in [0.2, 0.25) is 0 Å². The number of carbonyl (C=O) groups excluding carboxylic acids is 1. The zero-order valence-corrected chi connectivity index (χ0v) is 11.7. The van der Waals surface area contributed by atoms with Crippen LogP contribution in [0.1, 0.15) is 49.9 Å². The fourth-order valence-electron chi connectivity index (χ4n) is 2.87. The maximum Gasteiger partial charge on any atom is 0.184 e. The summed E-state index contributed by atoms with van der Waals surface area (Å²) in [5, 5.41) is 0. The zero-order chi connectivity index (χ0) is 13.9. The molecule has 4 heteroatoms. The van der Waals surface area contributed by atoms with Crippen molar-refractivity contribution >= 4 is 5.78 Å². The highest BCUT2D eigenvalue weighted by Crippen LogP contribution is 2.33. The Morgan fingerprint density at radius 3 is 3.05 bits per heavy atom. The van der Waals surface area contributed by atoms with Gasteiger partial charge in [-0.3, -0.25) is 9.78 Å². The molecular weight excluding hydrogens is 240 g/mol. The van der Waals surface area contributed by atoms with E-state index in [1.807, 2.05) is 6.92 Å². The lowest BCUT2D eigenvalue weighted by Crippen LogP contribution is -2.51. The van der Waals surface area contributed by atoms with Crippen molar-refractivity contribution in [2.45, 2.75) is 45.1 Å². The third-order valence-corrected chi connectivity index (χ3v) is 3.77. The van der Waals surface area contributed by atoms with E-state index in [1.165, 1.54) is 0 Å². The molecule has 1 heterocycles. The molecule has 1 saturated carbocycles. The van der Waals surface area contributed by atoms with Gasteiger partial charge in [0.1, 0.15) is 5.75 Å². The standard InChI is InChI=1S/C15H22N2O2/c1-3-19-13-7-12(9-17-10-13)14(18)15(16)6-4-5-11(2)8-15/h7,9-11H,3-6,8,16H2,1-2H3. The molecule has 0 bridgehead atoms. The van der Waals surface area contributed by atoms with Gasteiger partial charge in [0, 0.05) is 11.8 Å². The number of pyridine rings is 1. The molecule has 1 aromatic heterocycles. The second kappa shape index (κ2) is 5.70. The molecule has 2 atom stereocenters. The Hall–Kier alpha value is -1.42. The predicted molar refractivity (Wildman–Crippen MR) is 74.3 cm³/mol. The topological polar surface area (TPSA) is 65.2 Å². The summed E-state index contributed by atoms with van der Waals surface area (Å²) in [6.07, 6.45) is 6.89. The van der Waals surface area contributed by atoms with E-state index < -0.39 is 5.54 Å². The average Bonchev–Trinajstić information content (AvgIpc) is 2.38. The maximum absolute atomic E-state index is 12.6. The Morgan fingerprint density at radius 1 is 1.58 bits per heavy atom. The highest BCUT2D eigenvalue weighted by Gasteiger charge is 2.38. The van der Waals surface area contributed by atoms with Crippen LogP contribution in [-0.2, 0) is 0 Å². The predicted octanol–water partition coefficient (Wildman–Crippen LogP) is 2.57. The van der Waals surface area contributed by atoms with Gasteiger partial charge in [-0.05, 0) is 31.7 Å². The van der Waals surface area contributed by atoms with Crippen molar-refractivity contribution in [2.24, 2.45) is 11.7 Å². The van der Waals surface area contributed by atoms with Crippen molar-refractivity contribution in [2.75, 3.05) is 6.61 Å². The molecule has 1 fully saturated rings. The molecule has 0 amide bonds. The third-order valence-electron chi connectivity index (χ3n) is 3.77. The second-order valence-corrected chi connectivity index (χ2v) is 5.53. The maximum atomic E-state index is 12.6. The van der Waals surface area contributed by atoms with Gasteiger partial charge in [0.25, 0.3) is 0 Å². The highest BCUT2D eigenvalue weighted by atomic mass is 16.5. The zero-order valence-electron chi connectivity index (χ0n) is 11.7. The van der Waals surface area contributed by atoms with Crippen LogP contribution in [0.15, 0.2) is 18.5 Å². The fraction of sp³-hybridized carbons (Fsp3) is 0.600. The summed E-state index contributed by atoms with van der Waals surface area (Å²) in [6.45, 7) is 4.62. The molecule has 2 unspecified atom stereocenters. The molecule has 1 aliphatic carbocycles. The summed E-state index contributed by atoms with van der Waals surface area (Å²) in [5.41, 5.74) is 6.16. The van der Waals surface area contributed by atoms with Gasteiger partial charge in [-0.2, -0.15) is 0 Å². The van der Waals surface area contributed by atoms with Crippen LogP contribution in [0.5, 0.6) is 5.75 Å². The van der Waals surface area contributed by atoms with Gasteiger partial charge < -0.3 is 10.5 Å². The number of hydrogen-bond acceptors (Lipinski definition) is 4. The molecule has 0 spiro atoms. The quantitative estimate of drug-likeness (QED) is 0.847. The molecule has 2 N–H and O–H groups in total. The molecule has 1 aromatic rings. The van der Waals surface area contributed by atoms with Crippen molar-refractivity contribution in [1.82, 2.24) is 4.98 Å². The van der Waals surface area contributed by atoms with Gasteiger partial charge in [-0.25, -0.2) is 0 Å². The molecular formula is C15H22N2O2. The summed E-state index contributed by atoms with van der Waals surface area (Å²) in [4.78, 5) is 16.7. The first-order valence-electron chi connectivity index (χ1n) is 6.96. The van der Waals surface area contributed by atoms with E-state index in [1.54, 1.807) is 18.5 Å². The number of hydrogen-bond donors (Lipinski definition) is 1. The smallest absolute Gasteiger partial charge is 0.184 e. The number of Topliss-reactive ketones (excluding diaryl/α,β-unsaturated/α-hetero) is 1. The molecule has 1 aliphatic rings. The van der Waals surface area contributed by atoms with Crippen LogP contribution in [0.25, 0.3) is 0 Å². The number of nitrogens with two attached hydrogens (primary N) is 1. The van der Waals surface area contributed by atoms with Gasteiger partial charge in [0.15, 0.2) is 5.78 Å². The summed E-state index contributed by atoms with van der Waals surface area (Å²) >= 11 is 0. The van der Waals surface area contributed by atoms with E-state index in [9.17, 15) is 4.79 Å². The first-order chi connectivity index (χ1) is 9.05. The van der Waals surface area contributed by atoms with Crippen molar-refractivity contribution in [3.05, 3.63) is 24.0 Å². The normalized spacial score (nSPS) is 27.0. The van der Waals surface area contributed by atoms with E-state index in [-0.39, 0.29) is 5.78 Å². The lowest BCUT2D eigenvalue weighted by atomic mass is 9.73. The first-order valence-corrected chi connectivity index (χ1v) is 6.96. The molecule has 4 nitrogen and oxygen atoms in total. The highest BCUT2D eigenvalue weighted by molar-refractivity contribution is 6.03. The summed E-state index contributed by atoms with van der Waals surface area (Å²) < 4.78 is 5.38. The van der Waals surface area contributed by atoms with Crippen LogP contribution in [0, 0.1) is 5.92 Å². The average molecular weight is 262 g/mol. The van der Waals surface area contributed by atoms with E-state index in [2.05, 4.69) is 11.9 Å². The molecule has 0 saturated heterocycles. The van der Waals surface area contributed by atoms with Gasteiger partial charge in [-0.15, -0.1) is 0 Å². The van der Waals surface area contributed by atoms with E-state index in [0.29, 0.717) is 23.8 Å². The Balaban J connectivity index is 2.20. The van der Waals surface area contributed by atoms with E-state index in [4.69, 9.17) is 10.5 Å². The van der Waals surface area contributed by atoms with Crippen molar-refractivity contribution in [1.29, 1.82) is 0 Å². The fourth-order valence-corrected chi connectivity index (χ4v) is 2.87. The number of aromatic nitrogens is 1. The lowest BCUT2D eigenvalue weighted by Gasteiger charge is -2.35. The van der Waals surface area contributed by atoms with Gasteiger partial charge in [0.05, 0.1) is 18.3 Å². The van der Waals surface area contributed by atoms with E-state index >= 15 is 0 Å². The second-order valence-electron chi connectivity index (χ2n) is 5.53. The number of nitrogens with zero attached hydrogens (tertiary/aromatic N) is 1. The van der Waals surface area contributed by atoms with Crippen LogP contribution in [0.3, 0.4) is 0 Å². The van der Waals surface area contributed by atoms with Crippen molar-refractivity contribution < 1.29 is 9.53 Å². The number of ether oxygens (including phenoxy) is 1. The molecule has 2 rings (SSSR count). The Bertz CT molecular complexity index is 461. The van der Waals surface area contributed by atoms with Gasteiger partial charge >= 0.3 is 0 Å². The molecule has 0 aromatic carbocycles. The van der Waals surface area contributed by atoms with Crippen molar-refractivity contribution in [3.63, 3.8) is 0 Å². The van der Waals surface area contributed by atoms with Gasteiger partial charge in [0.2, 0.25) is 0 Å². The van der Waals surface area contributed by atoms with Gasteiger partial charge in [-0.1, -0.05) is 19.8 Å². The SMILES string of the molecule is CCOc1cncc(C(=O)C2(N)CCCC(C)C2)c1. The first kappa shape index (κ1) is 14.0. The number of ketones is 1. The molecule has 0 radical (unpaired) electrons. The molecule has 0 aliphatic heterocycles. The number of rotatable bonds is 4. The van der Waals surface area contributed by atoms with Crippen LogP contribution >= 0.6 is 0 Å². The molecule has 19 heavy (non-hydrogen) atoms. The minimum atomic E-state index is -0.732. The largest absolute Gasteiger partial charge is 0.492 e. The van der Waals surface area contributed by atoms with Crippen LogP contribution < -0.4 is 10.5 Å². The monoisotopic (exact) mass is 262 g/mol. The lowest BCUT2D eigenvalue weighted by molar-refractivity contribution is 0.0819. The van der Waals surface area contributed by atoms with Crippen LogP contribution in [0.4, 0.5) is 0 Å². The minimum Gasteiger partial charge on any atom is -0.492 e. The summed E-state index contributed by atoms with van der Waals surface area (Å²) in [5.74, 6) is 1.12. The minimum absolute atomic E-state index is 0.00639. The number of carbonyl (C=O) groups is 1.